The molecule has 1 aromatic rings. The highest BCUT2D eigenvalue weighted by molar-refractivity contribution is 7.86. The molecule has 0 heterocycles. The SMILES string of the molecule is CCCCCC[C@@H](O)CCOS(=O)(=O)c1ccc(C)cc1. The van der Waals surface area contributed by atoms with Gasteiger partial charge in [0.05, 0.1) is 17.6 Å². The van der Waals surface area contributed by atoms with E-state index >= 15 is 0 Å². The topological polar surface area (TPSA) is 63.6 Å². The molecule has 4 nitrogen and oxygen atoms in total. The summed E-state index contributed by atoms with van der Waals surface area (Å²) in [6.07, 6.45) is 4.97. The zero-order valence-electron chi connectivity index (χ0n) is 12.9. The van der Waals surface area contributed by atoms with Gasteiger partial charge in [-0.1, -0.05) is 50.3 Å². The van der Waals surface area contributed by atoms with Gasteiger partial charge in [0.25, 0.3) is 10.1 Å². The van der Waals surface area contributed by atoms with Crippen LogP contribution in [0.15, 0.2) is 29.2 Å². The highest BCUT2D eigenvalue weighted by Gasteiger charge is 2.15. The van der Waals surface area contributed by atoms with Crippen molar-refractivity contribution < 1.29 is 17.7 Å². The van der Waals surface area contributed by atoms with E-state index in [0.717, 1.165) is 24.8 Å². The van der Waals surface area contributed by atoms with Crippen molar-refractivity contribution in [2.45, 2.75) is 63.4 Å². The van der Waals surface area contributed by atoms with E-state index in [2.05, 4.69) is 6.92 Å². The van der Waals surface area contributed by atoms with Gasteiger partial charge in [-0.15, -0.1) is 0 Å². The molecule has 1 rings (SSSR count). The molecule has 0 radical (unpaired) electrons. The second kappa shape index (κ2) is 9.18. The van der Waals surface area contributed by atoms with Crippen LogP contribution >= 0.6 is 0 Å². The Hall–Kier alpha value is -0.910. The lowest BCUT2D eigenvalue weighted by atomic mass is 10.1. The second-order valence-corrected chi connectivity index (χ2v) is 7.00. The average Bonchev–Trinajstić information content (AvgIpc) is 2.44. The molecular formula is C16H26O4S. The van der Waals surface area contributed by atoms with Gasteiger partial charge in [0.2, 0.25) is 0 Å². The summed E-state index contributed by atoms with van der Waals surface area (Å²) < 4.78 is 28.8. The Balaban J connectivity index is 2.32. The van der Waals surface area contributed by atoms with E-state index in [9.17, 15) is 13.5 Å². The van der Waals surface area contributed by atoms with Gasteiger partial charge in [0, 0.05) is 0 Å². The van der Waals surface area contributed by atoms with Crippen LogP contribution in [-0.2, 0) is 14.3 Å². The molecule has 1 N–H and O–H groups in total. The quantitative estimate of drug-likeness (QED) is 0.531. The van der Waals surface area contributed by atoms with E-state index in [4.69, 9.17) is 4.18 Å². The summed E-state index contributed by atoms with van der Waals surface area (Å²) >= 11 is 0. The average molecular weight is 314 g/mol. The summed E-state index contributed by atoms with van der Waals surface area (Å²) in [6, 6.07) is 6.54. The van der Waals surface area contributed by atoms with Gasteiger partial charge in [-0.05, 0) is 31.9 Å². The summed E-state index contributed by atoms with van der Waals surface area (Å²) in [7, 11) is -3.71. The third-order valence-corrected chi connectivity index (χ3v) is 4.72. The van der Waals surface area contributed by atoms with E-state index in [0.29, 0.717) is 12.8 Å². The summed E-state index contributed by atoms with van der Waals surface area (Å²) in [5.74, 6) is 0. The summed E-state index contributed by atoms with van der Waals surface area (Å²) in [5.41, 5.74) is 0.997. The predicted molar refractivity (Wildman–Crippen MR) is 83.7 cm³/mol. The molecular weight excluding hydrogens is 288 g/mol. The van der Waals surface area contributed by atoms with Crippen LogP contribution in [0.25, 0.3) is 0 Å². The molecule has 0 bridgehead atoms. The summed E-state index contributed by atoms with van der Waals surface area (Å²) in [4.78, 5) is 0.158. The monoisotopic (exact) mass is 314 g/mol. The van der Waals surface area contributed by atoms with E-state index in [1.54, 1.807) is 12.1 Å². The summed E-state index contributed by atoms with van der Waals surface area (Å²) in [6.45, 7) is 4.05. The van der Waals surface area contributed by atoms with Crippen molar-refractivity contribution in [1.82, 2.24) is 0 Å². The first-order valence-electron chi connectivity index (χ1n) is 7.60. The van der Waals surface area contributed by atoms with Crippen molar-refractivity contribution in [3.63, 3.8) is 0 Å². The van der Waals surface area contributed by atoms with Crippen LogP contribution in [0, 0.1) is 6.92 Å². The van der Waals surface area contributed by atoms with Gasteiger partial charge in [-0.25, -0.2) is 0 Å². The zero-order valence-corrected chi connectivity index (χ0v) is 13.7. The molecule has 0 saturated heterocycles. The molecule has 120 valence electrons. The molecule has 21 heavy (non-hydrogen) atoms. The van der Waals surface area contributed by atoms with Crippen LogP contribution in [0.1, 0.15) is 51.0 Å². The van der Waals surface area contributed by atoms with Gasteiger partial charge in [0.15, 0.2) is 0 Å². The van der Waals surface area contributed by atoms with Crippen LogP contribution in [0.4, 0.5) is 0 Å². The molecule has 0 aliphatic heterocycles. The van der Waals surface area contributed by atoms with Gasteiger partial charge in [-0.2, -0.15) is 8.42 Å². The van der Waals surface area contributed by atoms with Crippen molar-refractivity contribution >= 4 is 10.1 Å². The highest BCUT2D eigenvalue weighted by Crippen LogP contribution is 2.14. The van der Waals surface area contributed by atoms with Crippen LogP contribution in [0.2, 0.25) is 0 Å². The fourth-order valence-electron chi connectivity index (χ4n) is 2.02. The first-order chi connectivity index (χ1) is 9.95. The number of hydrogen-bond donors (Lipinski definition) is 1. The molecule has 0 unspecified atom stereocenters. The van der Waals surface area contributed by atoms with Crippen molar-refractivity contribution in [2.24, 2.45) is 0 Å². The molecule has 1 atom stereocenters. The largest absolute Gasteiger partial charge is 0.393 e. The van der Waals surface area contributed by atoms with Crippen LogP contribution in [-0.4, -0.2) is 26.2 Å². The minimum atomic E-state index is -3.71. The minimum Gasteiger partial charge on any atom is -0.393 e. The Bertz CT molecular complexity index is 494. The number of rotatable bonds is 10. The molecule has 1 aromatic carbocycles. The fourth-order valence-corrected chi connectivity index (χ4v) is 2.94. The second-order valence-electron chi connectivity index (χ2n) is 5.38. The number of aliphatic hydroxyl groups excluding tert-OH is 1. The normalized spacial score (nSPS) is 13.3. The Morgan fingerprint density at radius 2 is 1.76 bits per heavy atom. The number of aryl methyl sites for hydroxylation is 1. The third kappa shape index (κ3) is 7.07. The summed E-state index contributed by atoms with van der Waals surface area (Å²) in [5, 5.41) is 9.78. The Labute approximate surface area is 128 Å². The lowest BCUT2D eigenvalue weighted by Gasteiger charge is -2.11. The lowest BCUT2D eigenvalue weighted by Crippen LogP contribution is -2.14. The Morgan fingerprint density at radius 3 is 2.38 bits per heavy atom. The highest BCUT2D eigenvalue weighted by atomic mass is 32.2. The molecule has 0 saturated carbocycles. The van der Waals surface area contributed by atoms with E-state index in [-0.39, 0.29) is 11.5 Å². The van der Waals surface area contributed by atoms with Gasteiger partial charge >= 0.3 is 0 Å². The van der Waals surface area contributed by atoms with Crippen molar-refractivity contribution in [3.8, 4) is 0 Å². The smallest absolute Gasteiger partial charge is 0.296 e. The standard InChI is InChI=1S/C16H26O4S/c1-3-4-5-6-7-15(17)12-13-20-21(18,19)16-10-8-14(2)9-11-16/h8-11,15,17H,3-7,12-13H2,1-2H3/t15-/m1/s1. The molecule has 0 amide bonds. The Kier molecular flexibility index (Phi) is 7.93. The number of unbranched alkanes of at least 4 members (excludes halogenated alkanes) is 3. The van der Waals surface area contributed by atoms with Gasteiger partial charge in [0.1, 0.15) is 0 Å². The van der Waals surface area contributed by atoms with E-state index in [1.165, 1.54) is 18.6 Å². The first-order valence-corrected chi connectivity index (χ1v) is 9.00. The lowest BCUT2D eigenvalue weighted by molar-refractivity contribution is 0.129. The fraction of sp³-hybridized carbons (Fsp3) is 0.625. The van der Waals surface area contributed by atoms with Gasteiger partial charge in [-0.3, -0.25) is 4.18 Å². The molecule has 0 spiro atoms. The van der Waals surface area contributed by atoms with Crippen molar-refractivity contribution in [2.75, 3.05) is 6.61 Å². The van der Waals surface area contributed by atoms with E-state index < -0.39 is 16.2 Å². The van der Waals surface area contributed by atoms with Crippen LogP contribution in [0.3, 0.4) is 0 Å². The molecule has 0 aliphatic carbocycles. The maximum Gasteiger partial charge on any atom is 0.296 e. The number of aliphatic hydroxyl groups is 1. The molecule has 0 aromatic heterocycles. The van der Waals surface area contributed by atoms with Crippen LogP contribution < -0.4 is 0 Å². The molecule has 5 heteroatoms. The number of benzene rings is 1. The third-order valence-electron chi connectivity index (χ3n) is 3.39. The molecule has 0 fully saturated rings. The zero-order chi connectivity index (χ0) is 15.7. The minimum absolute atomic E-state index is 0.0190. The first kappa shape index (κ1) is 18.1. The van der Waals surface area contributed by atoms with Gasteiger partial charge < -0.3 is 5.11 Å². The maximum absolute atomic E-state index is 11.9. The maximum atomic E-state index is 11.9. The van der Waals surface area contributed by atoms with Crippen molar-refractivity contribution in [3.05, 3.63) is 29.8 Å². The Morgan fingerprint density at radius 1 is 1.10 bits per heavy atom. The molecule has 0 aliphatic rings. The predicted octanol–water partition coefficient (Wildman–Crippen LogP) is 3.42. The van der Waals surface area contributed by atoms with E-state index in [1.807, 2.05) is 6.92 Å². The van der Waals surface area contributed by atoms with Crippen LogP contribution in [0.5, 0.6) is 0 Å². The number of hydrogen-bond acceptors (Lipinski definition) is 4. The van der Waals surface area contributed by atoms with Crippen molar-refractivity contribution in [1.29, 1.82) is 0 Å².